The van der Waals surface area contributed by atoms with Gasteiger partial charge in [0, 0.05) is 25.5 Å². The number of alkyl halides is 1. The Labute approximate surface area is 113 Å². The van der Waals surface area contributed by atoms with Crippen LogP contribution in [-0.2, 0) is 0 Å². The maximum Gasteiger partial charge on any atom is 0.255 e. The number of pyridine rings is 1. The number of hydrogen-bond donors (Lipinski definition) is 1. The van der Waals surface area contributed by atoms with Crippen molar-refractivity contribution in [3.05, 3.63) is 30.1 Å². The molecule has 4 nitrogen and oxygen atoms in total. The third-order valence-corrected chi connectivity index (χ3v) is 3.49. The van der Waals surface area contributed by atoms with Gasteiger partial charge in [0.2, 0.25) is 0 Å². The molecule has 0 spiro atoms. The number of carbonyl (C=O) groups excluding carboxylic acids is 1. The SMILES string of the molecule is CCC1(F)CCN(C(=O)c2cccnc2)CC1.CN. The van der Waals surface area contributed by atoms with Crippen LogP contribution in [0.15, 0.2) is 24.5 Å². The second kappa shape index (κ2) is 7.19. The third-order valence-electron chi connectivity index (χ3n) is 3.49. The number of amides is 1. The molecule has 0 saturated carbocycles. The van der Waals surface area contributed by atoms with E-state index in [2.05, 4.69) is 10.7 Å². The zero-order valence-electron chi connectivity index (χ0n) is 11.6. The number of likely N-dealkylation sites (tertiary alicyclic amines) is 1. The van der Waals surface area contributed by atoms with Gasteiger partial charge < -0.3 is 10.6 Å². The normalized spacial score (nSPS) is 17.4. The van der Waals surface area contributed by atoms with Crippen LogP contribution in [0.4, 0.5) is 4.39 Å². The Morgan fingerprint density at radius 3 is 2.58 bits per heavy atom. The number of hydrogen-bond acceptors (Lipinski definition) is 3. The zero-order valence-corrected chi connectivity index (χ0v) is 11.6. The van der Waals surface area contributed by atoms with Crippen molar-refractivity contribution in [3.8, 4) is 0 Å². The van der Waals surface area contributed by atoms with Gasteiger partial charge in [0.1, 0.15) is 5.67 Å². The van der Waals surface area contributed by atoms with E-state index < -0.39 is 5.67 Å². The van der Waals surface area contributed by atoms with E-state index in [-0.39, 0.29) is 5.91 Å². The van der Waals surface area contributed by atoms with Crippen LogP contribution in [-0.4, -0.2) is 41.6 Å². The molecule has 1 aliphatic rings. The first-order valence-electron chi connectivity index (χ1n) is 6.60. The van der Waals surface area contributed by atoms with E-state index in [9.17, 15) is 9.18 Å². The number of aromatic nitrogens is 1. The molecular weight excluding hydrogens is 245 g/mol. The number of nitrogens with zero attached hydrogens (tertiary/aromatic N) is 2. The predicted molar refractivity (Wildman–Crippen MR) is 73.6 cm³/mol. The summed E-state index contributed by atoms with van der Waals surface area (Å²) in [5, 5.41) is 0. The Hall–Kier alpha value is -1.49. The lowest BCUT2D eigenvalue weighted by molar-refractivity contribution is 0.0419. The van der Waals surface area contributed by atoms with Crippen LogP contribution >= 0.6 is 0 Å². The molecule has 0 aliphatic carbocycles. The first-order chi connectivity index (χ1) is 9.14. The highest BCUT2D eigenvalue weighted by Crippen LogP contribution is 2.30. The molecule has 19 heavy (non-hydrogen) atoms. The molecule has 0 radical (unpaired) electrons. The molecule has 1 saturated heterocycles. The molecule has 2 rings (SSSR count). The summed E-state index contributed by atoms with van der Waals surface area (Å²) in [5.41, 5.74) is 4.00. The van der Waals surface area contributed by atoms with Crippen molar-refractivity contribution >= 4 is 5.91 Å². The Morgan fingerprint density at radius 2 is 2.11 bits per heavy atom. The van der Waals surface area contributed by atoms with Gasteiger partial charge in [-0.25, -0.2) is 4.39 Å². The maximum absolute atomic E-state index is 14.0. The fourth-order valence-corrected chi connectivity index (χ4v) is 2.14. The highest BCUT2D eigenvalue weighted by Gasteiger charge is 2.34. The smallest absolute Gasteiger partial charge is 0.255 e. The highest BCUT2D eigenvalue weighted by molar-refractivity contribution is 5.93. The molecule has 2 heterocycles. The first kappa shape index (κ1) is 15.6. The van der Waals surface area contributed by atoms with Crippen molar-refractivity contribution in [2.75, 3.05) is 20.1 Å². The lowest BCUT2D eigenvalue weighted by Gasteiger charge is -2.35. The van der Waals surface area contributed by atoms with E-state index in [1.54, 1.807) is 29.4 Å². The molecule has 1 aliphatic heterocycles. The molecule has 1 aromatic heterocycles. The van der Waals surface area contributed by atoms with Crippen LogP contribution in [0.1, 0.15) is 36.5 Å². The van der Waals surface area contributed by atoms with Crippen LogP contribution in [0.25, 0.3) is 0 Å². The summed E-state index contributed by atoms with van der Waals surface area (Å²) >= 11 is 0. The van der Waals surface area contributed by atoms with Crippen molar-refractivity contribution in [2.24, 2.45) is 5.73 Å². The number of halogens is 1. The quantitative estimate of drug-likeness (QED) is 0.891. The lowest BCUT2D eigenvalue weighted by atomic mass is 9.90. The van der Waals surface area contributed by atoms with Gasteiger partial charge in [-0.3, -0.25) is 9.78 Å². The van der Waals surface area contributed by atoms with Gasteiger partial charge in [0.25, 0.3) is 5.91 Å². The van der Waals surface area contributed by atoms with Crippen molar-refractivity contribution < 1.29 is 9.18 Å². The summed E-state index contributed by atoms with van der Waals surface area (Å²) < 4.78 is 14.0. The van der Waals surface area contributed by atoms with Crippen LogP contribution in [0.2, 0.25) is 0 Å². The average molecular weight is 267 g/mol. The monoisotopic (exact) mass is 267 g/mol. The van der Waals surface area contributed by atoms with Gasteiger partial charge in [-0.1, -0.05) is 6.92 Å². The summed E-state index contributed by atoms with van der Waals surface area (Å²) in [7, 11) is 1.50. The number of carbonyl (C=O) groups is 1. The fourth-order valence-electron chi connectivity index (χ4n) is 2.14. The van der Waals surface area contributed by atoms with E-state index >= 15 is 0 Å². The topological polar surface area (TPSA) is 59.2 Å². The molecule has 5 heteroatoms. The molecule has 0 bridgehead atoms. The average Bonchev–Trinajstić information content (AvgIpc) is 2.50. The van der Waals surface area contributed by atoms with Crippen LogP contribution in [0.3, 0.4) is 0 Å². The summed E-state index contributed by atoms with van der Waals surface area (Å²) in [6.07, 6.45) is 4.60. The van der Waals surface area contributed by atoms with Crippen molar-refractivity contribution in [3.63, 3.8) is 0 Å². The number of piperidine rings is 1. The van der Waals surface area contributed by atoms with Crippen LogP contribution < -0.4 is 5.73 Å². The number of nitrogens with two attached hydrogens (primary N) is 1. The molecule has 1 amide bonds. The summed E-state index contributed by atoms with van der Waals surface area (Å²) in [5.74, 6) is -0.0451. The Morgan fingerprint density at radius 1 is 1.47 bits per heavy atom. The zero-order chi connectivity index (χ0) is 14.3. The minimum atomic E-state index is -1.08. The van der Waals surface area contributed by atoms with E-state index in [1.807, 2.05) is 6.92 Å². The highest BCUT2D eigenvalue weighted by atomic mass is 19.1. The largest absolute Gasteiger partial charge is 0.338 e. The molecule has 1 fully saturated rings. The summed E-state index contributed by atoms with van der Waals surface area (Å²) in [4.78, 5) is 17.7. The fraction of sp³-hybridized carbons (Fsp3) is 0.571. The maximum atomic E-state index is 14.0. The van der Waals surface area contributed by atoms with Gasteiger partial charge in [0.05, 0.1) is 5.56 Å². The lowest BCUT2D eigenvalue weighted by Crippen LogP contribution is -2.44. The van der Waals surface area contributed by atoms with Gasteiger partial charge >= 0.3 is 0 Å². The van der Waals surface area contributed by atoms with Crippen molar-refractivity contribution in [1.82, 2.24) is 9.88 Å². The second-order valence-electron chi connectivity index (χ2n) is 4.54. The van der Waals surface area contributed by atoms with E-state index in [4.69, 9.17) is 0 Å². The Balaban J connectivity index is 0.000000861. The molecule has 0 atom stereocenters. The van der Waals surface area contributed by atoms with Gasteiger partial charge in [-0.2, -0.15) is 0 Å². The summed E-state index contributed by atoms with van der Waals surface area (Å²) in [6, 6.07) is 3.48. The first-order valence-corrected chi connectivity index (χ1v) is 6.60. The number of rotatable bonds is 2. The molecule has 2 N–H and O–H groups in total. The third kappa shape index (κ3) is 3.99. The molecule has 0 unspecified atom stereocenters. The Bertz CT molecular complexity index is 389. The molecule has 1 aromatic rings. The molecule has 106 valence electrons. The van der Waals surface area contributed by atoms with Gasteiger partial charge in [-0.15, -0.1) is 0 Å². The minimum absolute atomic E-state index is 0.0451. The molecular formula is C14H22FN3O. The van der Waals surface area contributed by atoms with Crippen molar-refractivity contribution in [2.45, 2.75) is 31.9 Å². The van der Waals surface area contributed by atoms with E-state index in [1.165, 1.54) is 7.05 Å². The summed E-state index contributed by atoms with van der Waals surface area (Å²) in [6.45, 7) is 2.86. The van der Waals surface area contributed by atoms with Crippen LogP contribution in [0, 0.1) is 0 Å². The molecule has 0 aromatic carbocycles. The van der Waals surface area contributed by atoms with Crippen molar-refractivity contribution in [1.29, 1.82) is 0 Å². The minimum Gasteiger partial charge on any atom is -0.338 e. The van der Waals surface area contributed by atoms with Gasteiger partial charge in [-0.05, 0) is 38.4 Å². The second-order valence-corrected chi connectivity index (χ2v) is 4.54. The standard InChI is InChI=1S/C13H17FN2O.CH5N/c1-2-13(14)5-8-16(9-6-13)12(17)11-4-3-7-15-10-11;1-2/h3-4,7,10H,2,5-6,8-9H2,1H3;2H2,1H3. The Kier molecular flexibility index (Phi) is 5.89. The predicted octanol–water partition coefficient (Wildman–Crippen LogP) is 2.01. The van der Waals surface area contributed by atoms with E-state index in [0.29, 0.717) is 37.9 Å². The van der Waals surface area contributed by atoms with E-state index in [0.717, 1.165) is 0 Å². The van der Waals surface area contributed by atoms with Crippen LogP contribution in [0.5, 0.6) is 0 Å². The van der Waals surface area contributed by atoms with Gasteiger partial charge in [0.15, 0.2) is 0 Å².